The van der Waals surface area contributed by atoms with Crippen molar-refractivity contribution in [3.8, 4) is 0 Å². The second-order valence-electron chi connectivity index (χ2n) is 14.7. The van der Waals surface area contributed by atoms with Gasteiger partial charge in [-0.05, 0) is 111 Å². The van der Waals surface area contributed by atoms with Gasteiger partial charge in [-0.2, -0.15) is 0 Å². The second kappa shape index (κ2) is 7.82. The summed E-state index contributed by atoms with van der Waals surface area (Å²) in [5.41, 5.74) is 0.506. The molecule has 0 radical (unpaired) electrons. The number of hydrogen-bond acceptors (Lipinski definition) is 3. The fraction of sp³-hybridized carbons (Fsp3) is 0.903. The number of hydrogen-bond donors (Lipinski definition) is 3. The number of carboxylic acid groups (broad SMARTS) is 1. The molecule has 0 aliphatic heterocycles. The van der Waals surface area contributed by atoms with Crippen molar-refractivity contribution in [1.82, 2.24) is 0 Å². The zero-order valence-corrected chi connectivity index (χ0v) is 23.1. The molecular weight excluding hydrogens is 436 g/mol. The Morgan fingerprint density at radius 1 is 0.943 bits per heavy atom. The van der Waals surface area contributed by atoms with E-state index < -0.39 is 23.6 Å². The number of rotatable bonds is 6. The van der Waals surface area contributed by atoms with Crippen LogP contribution in [0, 0.1) is 56.7 Å². The number of aliphatic hydroxyl groups is 2. The minimum Gasteiger partial charge on any atom is -0.481 e. The molecule has 4 nitrogen and oxygen atoms in total. The maximum Gasteiger partial charge on any atom is 0.312 e. The van der Waals surface area contributed by atoms with Gasteiger partial charge in [0, 0.05) is 11.8 Å². The lowest BCUT2D eigenvalue weighted by Gasteiger charge is -2.63. The van der Waals surface area contributed by atoms with Gasteiger partial charge >= 0.3 is 5.97 Å². The van der Waals surface area contributed by atoms with Crippen molar-refractivity contribution in [2.24, 2.45) is 56.7 Å². The van der Waals surface area contributed by atoms with Crippen LogP contribution in [-0.2, 0) is 4.79 Å². The van der Waals surface area contributed by atoms with Crippen LogP contribution < -0.4 is 0 Å². The van der Waals surface area contributed by atoms with Crippen molar-refractivity contribution in [1.29, 1.82) is 0 Å². The van der Waals surface area contributed by atoms with Gasteiger partial charge in [-0.1, -0.05) is 46.8 Å². The average molecular weight is 487 g/mol. The lowest BCUT2D eigenvalue weighted by atomic mass is 9.41. The molecule has 0 aromatic rings. The molecule has 11 atom stereocenters. The summed E-state index contributed by atoms with van der Waals surface area (Å²) in [5.74, 6) is 1.50. The number of aliphatic carboxylic acids is 1. The van der Waals surface area contributed by atoms with Crippen LogP contribution in [0.3, 0.4) is 0 Å². The highest BCUT2D eigenvalue weighted by atomic mass is 16.4. The first-order valence-electron chi connectivity index (χ1n) is 14.5. The van der Waals surface area contributed by atoms with Crippen LogP contribution in [0.2, 0.25) is 0 Å². The van der Waals surface area contributed by atoms with Crippen LogP contribution >= 0.6 is 0 Å². The molecule has 5 saturated carbocycles. The molecule has 0 saturated heterocycles. The Balaban J connectivity index is 1.43. The average Bonchev–Trinajstić information content (AvgIpc) is 3.40. The van der Waals surface area contributed by atoms with Crippen LogP contribution in [0.1, 0.15) is 106 Å². The molecule has 0 unspecified atom stereocenters. The predicted molar refractivity (Wildman–Crippen MR) is 139 cm³/mol. The lowest BCUT2D eigenvalue weighted by molar-refractivity contribution is -0.210. The molecule has 5 rings (SSSR count). The Labute approximate surface area is 213 Å². The van der Waals surface area contributed by atoms with Crippen LogP contribution in [0.15, 0.2) is 12.2 Å². The van der Waals surface area contributed by atoms with E-state index in [2.05, 4.69) is 41.2 Å². The summed E-state index contributed by atoms with van der Waals surface area (Å²) in [6.45, 7) is 18.2. The Kier molecular flexibility index (Phi) is 5.76. The molecule has 0 aromatic carbocycles. The van der Waals surface area contributed by atoms with E-state index >= 15 is 0 Å². The third-order valence-corrected chi connectivity index (χ3v) is 13.7. The summed E-state index contributed by atoms with van der Waals surface area (Å²) in [4.78, 5) is 12.5. The van der Waals surface area contributed by atoms with Gasteiger partial charge in [-0.25, -0.2) is 0 Å². The molecule has 0 amide bonds. The van der Waals surface area contributed by atoms with E-state index in [9.17, 15) is 20.1 Å². The highest BCUT2D eigenvalue weighted by Crippen LogP contribution is 2.89. The molecule has 2 spiro atoms. The Morgan fingerprint density at radius 3 is 2.23 bits per heavy atom. The first kappa shape index (κ1) is 25.8. The molecule has 0 heterocycles. The summed E-state index contributed by atoms with van der Waals surface area (Å²) >= 11 is 0. The predicted octanol–water partition coefficient (Wildman–Crippen LogP) is 6.45. The van der Waals surface area contributed by atoms with E-state index in [1.807, 2.05) is 0 Å². The summed E-state index contributed by atoms with van der Waals surface area (Å²) < 4.78 is 0. The molecule has 0 bridgehead atoms. The molecule has 3 N–H and O–H groups in total. The maximum atomic E-state index is 12.5. The zero-order chi connectivity index (χ0) is 25.8. The van der Waals surface area contributed by atoms with E-state index in [0.717, 1.165) is 38.0 Å². The minimum absolute atomic E-state index is 0.0600. The summed E-state index contributed by atoms with van der Waals surface area (Å²) in [7, 11) is 0. The van der Waals surface area contributed by atoms with Crippen molar-refractivity contribution in [3.05, 3.63) is 12.2 Å². The SMILES string of the molecule is C=C(CC[C@@H](C)[C@H]1CC[C@]2(C)[C@H]3CC[C@@H]4[C@@](C)(C(=O)O)[C@@H](O)C[C@H](O)[C@]45C[C@]35CC[C@@]12C)C(C)C. The molecule has 4 heteroatoms. The fourth-order valence-corrected chi connectivity index (χ4v) is 11.2. The maximum absolute atomic E-state index is 12.5. The lowest BCUT2D eigenvalue weighted by Crippen LogP contribution is -2.63. The summed E-state index contributed by atoms with van der Waals surface area (Å²) in [5, 5.41) is 32.5. The molecule has 5 fully saturated rings. The zero-order valence-electron chi connectivity index (χ0n) is 23.1. The molecule has 5 aliphatic carbocycles. The van der Waals surface area contributed by atoms with Gasteiger partial charge in [0.15, 0.2) is 0 Å². The van der Waals surface area contributed by atoms with Crippen LogP contribution in [0.4, 0.5) is 0 Å². The number of carbonyl (C=O) groups is 1. The van der Waals surface area contributed by atoms with Crippen molar-refractivity contribution < 1.29 is 20.1 Å². The minimum atomic E-state index is -1.15. The highest BCUT2D eigenvalue weighted by molar-refractivity contribution is 5.76. The third kappa shape index (κ3) is 2.96. The quantitative estimate of drug-likeness (QED) is 0.377. The van der Waals surface area contributed by atoms with Crippen molar-refractivity contribution >= 4 is 5.97 Å². The van der Waals surface area contributed by atoms with E-state index in [0.29, 0.717) is 23.2 Å². The van der Waals surface area contributed by atoms with E-state index in [4.69, 9.17) is 0 Å². The third-order valence-electron chi connectivity index (χ3n) is 13.7. The van der Waals surface area contributed by atoms with Crippen molar-refractivity contribution in [2.75, 3.05) is 0 Å². The first-order chi connectivity index (χ1) is 16.2. The normalized spacial score (nSPS) is 53.2. The summed E-state index contributed by atoms with van der Waals surface area (Å²) in [6.07, 6.45) is 8.70. The van der Waals surface area contributed by atoms with Gasteiger partial charge in [-0.15, -0.1) is 0 Å². The molecular formula is C31H50O4. The van der Waals surface area contributed by atoms with Gasteiger partial charge in [0.05, 0.1) is 17.6 Å². The molecule has 198 valence electrons. The smallest absolute Gasteiger partial charge is 0.312 e. The van der Waals surface area contributed by atoms with Crippen LogP contribution in [0.5, 0.6) is 0 Å². The fourth-order valence-electron chi connectivity index (χ4n) is 11.2. The van der Waals surface area contributed by atoms with Gasteiger partial charge in [0.2, 0.25) is 0 Å². The van der Waals surface area contributed by atoms with Gasteiger partial charge in [-0.3, -0.25) is 4.79 Å². The second-order valence-corrected chi connectivity index (χ2v) is 14.7. The summed E-state index contributed by atoms with van der Waals surface area (Å²) in [6, 6.07) is 0. The first-order valence-corrected chi connectivity index (χ1v) is 14.5. The van der Waals surface area contributed by atoms with Crippen LogP contribution in [-0.4, -0.2) is 33.5 Å². The van der Waals surface area contributed by atoms with E-state index in [1.165, 1.54) is 31.3 Å². The van der Waals surface area contributed by atoms with Crippen LogP contribution in [0.25, 0.3) is 0 Å². The number of aliphatic hydroxyl groups excluding tert-OH is 2. The van der Waals surface area contributed by atoms with Gasteiger partial charge < -0.3 is 15.3 Å². The largest absolute Gasteiger partial charge is 0.481 e. The molecule has 0 aromatic heterocycles. The monoisotopic (exact) mass is 486 g/mol. The molecule has 35 heavy (non-hydrogen) atoms. The number of fused-ring (bicyclic) bond motifs is 2. The number of carboxylic acids is 1. The van der Waals surface area contributed by atoms with E-state index in [1.54, 1.807) is 6.92 Å². The van der Waals surface area contributed by atoms with Gasteiger partial charge in [0.1, 0.15) is 0 Å². The molecule has 5 aliphatic rings. The Morgan fingerprint density at radius 2 is 1.60 bits per heavy atom. The Hall–Kier alpha value is -0.870. The highest BCUT2D eigenvalue weighted by Gasteiger charge is 2.85. The van der Waals surface area contributed by atoms with Crippen molar-refractivity contribution in [3.63, 3.8) is 0 Å². The number of allylic oxidation sites excluding steroid dienone is 1. The van der Waals surface area contributed by atoms with Crippen molar-refractivity contribution in [2.45, 2.75) is 118 Å². The Bertz CT molecular complexity index is 912. The topological polar surface area (TPSA) is 77.8 Å². The standard InChI is InChI=1S/C31H50O4/c1-18(2)19(3)8-9-20(4)21-12-13-28(6)22-10-11-23-29(7,26(34)35)24(32)16-25(33)31(23)17-30(22,31)15-14-27(21,28)5/h18,20-25,32-33H,3,8-17H2,1-2,4-7H3,(H,34,35)/t20-,21-,22-,23-,24+,25+,27+,28-,29-,30-,31+/m1/s1. The van der Waals surface area contributed by atoms with Gasteiger partial charge in [0.25, 0.3) is 0 Å². The van der Waals surface area contributed by atoms with E-state index in [-0.39, 0.29) is 28.6 Å².